The highest BCUT2D eigenvalue weighted by molar-refractivity contribution is 7.14. The van der Waals surface area contributed by atoms with E-state index >= 15 is 0 Å². The zero-order valence-electron chi connectivity index (χ0n) is 17.4. The Kier molecular flexibility index (Phi) is 4.94. The number of amides is 1. The van der Waals surface area contributed by atoms with Crippen molar-refractivity contribution < 1.29 is 24.2 Å². The van der Waals surface area contributed by atoms with Gasteiger partial charge >= 0.3 is 5.91 Å². The van der Waals surface area contributed by atoms with Crippen LogP contribution in [0, 0.1) is 0 Å². The highest BCUT2D eigenvalue weighted by Crippen LogP contribution is 2.43. The Morgan fingerprint density at radius 2 is 2.00 bits per heavy atom. The maximum atomic E-state index is 13.1. The third kappa shape index (κ3) is 3.23. The summed E-state index contributed by atoms with van der Waals surface area (Å²) in [4.78, 5) is 31.8. The second-order valence-corrected chi connectivity index (χ2v) is 8.59. The molecule has 0 spiro atoms. The minimum absolute atomic E-state index is 0.0299. The fourth-order valence-electron chi connectivity index (χ4n) is 4.19. The van der Waals surface area contributed by atoms with E-state index in [1.165, 1.54) is 16.2 Å². The lowest BCUT2D eigenvalue weighted by atomic mass is 9.94. The number of carbonyl (C=O) groups excluding carboxylic acids is 2. The van der Waals surface area contributed by atoms with Gasteiger partial charge in [0.25, 0.3) is 5.78 Å². The fourth-order valence-corrected chi connectivity index (χ4v) is 4.86. The number of thiazole rings is 1. The average Bonchev–Trinajstić information content (AvgIpc) is 3.51. The number of rotatable bonds is 4. The van der Waals surface area contributed by atoms with Crippen molar-refractivity contribution in [1.82, 2.24) is 4.98 Å². The van der Waals surface area contributed by atoms with Crippen molar-refractivity contribution in [1.29, 1.82) is 0 Å². The highest BCUT2D eigenvalue weighted by atomic mass is 32.1. The fraction of sp³-hybridized carbons (Fsp3) is 0.208. The summed E-state index contributed by atoms with van der Waals surface area (Å²) >= 11 is 1.25. The molecule has 1 fully saturated rings. The number of methoxy groups -OCH3 is 1. The number of nitrogens with zero attached hydrogens (tertiary/aromatic N) is 2. The van der Waals surface area contributed by atoms with Gasteiger partial charge in [-0.2, -0.15) is 0 Å². The third-order valence-corrected chi connectivity index (χ3v) is 6.44. The van der Waals surface area contributed by atoms with Crippen LogP contribution >= 0.6 is 11.3 Å². The molecule has 3 heterocycles. The minimum atomic E-state index is -0.810. The normalized spacial score (nSPS) is 21.5. The molecule has 0 radical (unpaired) electrons. The van der Waals surface area contributed by atoms with E-state index in [9.17, 15) is 14.7 Å². The predicted octanol–water partition coefficient (Wildman–Crippen LogP) is 4.10. The molecule has 0 saturated carbocycles. The number of fused-ring (bicyclic) bond motifs is 1. The first kappa shape index (κ1) is 20.3. The number of carbonyl (C=O) groups is 2. The van der Waals surface area contributed by atoms with Crippen LogP contribution in [0.15, 0.2) is 59.6 Å². The molecule has 1 amide bonds. The molecule has 2 aromatic carbocycles. The van der Waals surface area contributed by atoms with E-state index in [4.69, 9.17) is 9.47 Å². The molecule has 3 aromatic rings. The Morgan fingerprint density at radius 3 is 2.69 bits per heavy atom. The Hall–Kier alpha value is -3.65. The van der Waals surface area contributed by atoms with E-state index in [0.29, 0.717) is 28.4 Å². The monoisotopic (exact) mass is 448 g/mol. The van der Waals surface area contributed by atoms with Gasteiger partial charge in [-0.05, 0) is 48.4 Å². The van der Waals surface area contributed by atoms with Crippen molar-refractivity contribution in [3.8, 4) is 11.5 Å². The quantitative estimate of drug-likeness (QED) is 0.367. The topological polar surface area (TPSA) is 89.0 Å². The van der Waals surface area contributed by atoms with Gasteiger partial charge in [0.15, 0.2) is 5.13 Å². The summed E-state index contributed by atoms with van der Waals surface area (Å²) in [5.74, 6) is -0.272. The van der Waals surface area contributed by atoms with Gasteiger partial charge in [-0.3, -0.25) is 14.5 Å². The van der Waals surface area contributed by atoms with Gasteiger partial charge in [0.2, 0.25) is 0 Å². The molecule has 2 atom stereocenters. The zero-order chi connectivity index (χ0) is 22.4. The van der Waals surface area contributed by atoms with Crippen molar-refractivity contribution >= 4 is 33.9 Å². The van der Waals surface area contributed by atoms with E-state index in [-0.39, 0.29) is 17.4 Å². The zero-order valence-corrected chi connectivity index (χ0v) is 18.3. The first-order valence-electron chi connectivity index (χ1n) is 10.1. The van der Waals surface area contributed by atoms with Gasteiger partial charge in [0.05, 0.1) is 18.7 Å². The molecule has 8 heteroatoms. The van der Waals surface area contributed by atoms with Crippen molar-refractivity contribution in [3.05, 3.63) is 76.3 Å². The van der Waals surface area contributed by atoms with Crippen molar-refractivity contribution in [2.24, 2.45) is 0 Å². The van der Waals surface area contributed by atoms with Crippen LogP contribution in [0.25, 0.3) is 5.76 Å². The minimum Gasteiger partial charge on any atom is -0.507 e. The maximum Gasteiger partial charge on any atom is 0.301 e. The molecule has 0 aliphatic carbocycles. The number of aliphatic hydroxyl groups is 1. The summed E-state index contributed by atoms with van der Waals surface area (Å²) in [7, 11) is 1.56. The number of aliphatic hydroxyl groups excluding tert-OH is 1. The predicted molar refractivity (Wildman–Crippen MR) is 120 cm³/mol. The summed E-state index contributed by atoms with van der Waals surface area (Å²) in [6.07, 6.45) is 2.34. The van der Waals surface area contributed by atoms with Gasteiger partial charge in [0, 0.05) is 23.6 Å². The summed E-state index contributed by atoms with van der Waals surface area (Å²) in [5, 5.41) is 13.4. The van der Waals surface area contributed by atoms with Crippen LogP contribution in [0.1, 0.15) is 29.7 Å². The van der Waals surface area contributed by atoms with Crippen LogP contribution in [0.4, 0.5) is 5.13 Å². The highest BCUT2D eigenvalue weighted by Gasteiger charge is 2.48. The summed E-state index contributed by atoms with van der Waals surface area (Å²) < 4.78 is 11.0. The number of ketones is 1. The SMILES string of the molecule is COc1ccc(C2/C(=C(\O)c3ccc4c(c3)CC(C)O4)C(=O)C(=O)N2c2nccs2)cc1. The second-order valence-electron chi connectivity index (χ2n) is 7.71. The van der Waals surface area contributed by atoms with Crippen LogP contribution in [0.3, 0.4) is 0 Å². The smallest absolute Gasteiger partial charge is 0.301 e. The molecule has 32 heavy (non-hydrogen) atoms. The van der Waals surface area contributed by atoms with Crippen LogP contribution in [-0.2, 0) is 16.0 Å². The first-order valence-corrected chi connectivity index (χ1v) is 11.0. The molecule has 2 aliphatic heterocycles. The average molecular weight is 449 g/mol. The lowest BCUT2D eigenvalue weighted by molar-refractivity contribution is -0.132. The van der Waals surface area contributed by atoms with Gasteiger partial charge in [-0.25, -0.2) is 4.98 Å². The first-order chi connectivity index (χ1) is 15.5. The van der Waals surface area contributed by atoms with E-state index in [1.807, 2.05) is 13.0 Å². The molecule has 1 aromatic heterocycles. The molecule has 7 nitrogen and oxygen atoms in total. The summed E-state index contributed by atoms with van der Waals surface area (Å²) in [6.45, 7) is 1.97. The molecule has 2 unspecified atom stereocenters. The number of hydrogen-bond donors (Lipinski definition) is 1. The molecular formula is C24H20N2O5S. The summed E-state index contributed by atoms with van der Waals surface area (Å²) in [6, 6.07) is 11.6. The number of hydrogen-bond acceptors (Lipinski definition) is 7. The van der Waals surface area contributed by atoms with E-state index in [1.54, 1.807) is 55.1 Å². The van der Waals surface area contributed by atoms with Crippen LogP contribution in [0.2, 0.25) is 0 Å². The molecule has 162 valence electrons. The number of ether oxygens (including phenoxy) is 2. The van der Waals surface area contributed by atoms with Crippen LogP contribution in [-0.4, -0.2) is 35.0 Å². The summed E-state index contributed by atoms with van der Waals surface area (Å²) in [5.41, 5.74) is 2.12. The second kappa shape index (κ2) is 7.80. The van der Waals surface area contributed by atoms with E-state index in [0.717, 1.165) is 11.3 Å². The Balaban J connectivity index is 1.67. The molecule has 2 aliphatic rings. The lowest BCUT2D eigenvalue weighted by Crippen LogP contribution is -2.29. The third-order valence-electron chi connectivity index (χ3n) is 5.67. The van der Waals surface area contributed by atoms with E-state index < -0.39 is 17.7 Å². The standard InChI is InChI=1S/C24H20N2O5S/c1-13-11-16-12-15(5-8-18(16)31-13)21(27)19-20(14-3-6-17(30-2)7-4-14)26(23(29)22(19)28)24-25-9-10-32-24/h3-10,12-13,20,27H,11H2,1-2H3/b21-19+. The Bertz CT molecular complexity index is 1230. The number of Topliss-reactive ketones (excluding diaryl/α,β-unsaturated/α-hetero) is 1. The van der Waals surface area contributed by atoms with Gasteiger partial charge in [-0.15, -0.1) is 11.3 Å². The molecular weight excluding hydrogens is 428 g/mol. The largest absolute Gasteiger partial charge is 0.507 e. The van der Waals surface area contributed by atoms with E-state index in [2.05, 4.69) is 4.98 Å². The molecule has 0 bridgehead atoms. The number of aromatic nitrogens is 1. The maximum absolute atomic E-state index is 13.1. The van der Waals surface area contributed by atoms with Crippen LogP contribution in [0.5, 0.6) is 11.5 Å². The van der Waals surface area contributed by atoms with Gasteiger partial charge in [-0.1, -0.05) is 12.1 Å². The molecule has 1 N–H and O–H groups in total. The van der Waals surface area contributed by atoms with Gasteiger partial charge in [0.1, 0.15) is 23.4 Å². The van der Waals surface area contributed by atoms with Crippen molar-refractivity contribution in [2.45, 2.75) is 25.5 Å². The number of anilines is 1. The van der Waals surface area contributed by atoms with Gasteiger partial charge < -0.3 is 14.6 Å². The Labute approximate surface area is 188 Å². The molecule has 1 saturated heterocycles. The molecule has 5 rings (SSSR count). The van der Waals surface area contributed by atoms with Crippen molar-refractivity contribution in [3.63, 3.8) is 0 Å². The van der Waals surface area contributed by atoms with Crippen LogP contribution < -0.4 is 14.4 Å². The lowest BCUT2D eigenvalue weighted by Gasteiger charge is -2.23. The van der Waals surface area contributed by atoms with Crippen molar-refractivity contribution in [2.75, 3.05) is 12.0 Å². The number of benzene rings is 2. The Morgan fingerprint density at radius 1 is 1.22 bits per heavy atom.